The molecule has 2 aliphatic heterocycles. The van der Waals surface area contributed by atoms with Crippen molar-refractivity contribution in [1.29, 1.82) is 0 Å². The highest BCUT2D eigenvalue weighted by Crippen LogP contribution is 2.59. The fourth-order valence-electron chi connectivity index (χ4n) is 12.3. The summed E-state index contributed by atoms with van der Waals surface area (Å²) in [6.45, 7) is 39.2. The van der Waals surface area contributed by atoms with Crippen LogP contribution in [0.25, 0.3) is 11.1 Å². The Morgan fingerprint density at radius 1 is 0.440 bits per heavy atom. The van der Waals surface area contributed by atoms with E-state index in [1.54, 1.807) is 0 Å². The second kappa shape index (κ2) is 17.1. The van der Waals surface area contributed by atoms with Gasteiger partial charge in [0.1, 0.15) is 0 Å². The van der Waals surface area contributed by atoms with Crippen molar-refractivity contribution < 1.29 is 1.37 Å². The smallest absolute Gasteiger partial charge is 0.252 e. The number of anilines is 9. The molecule has 3 nitrogen and oxygen atoms in total. The third-order valence-corrected chi connectivity index (χ3v) is 16.8. The van der Waals surface area contributed by atoms with Crippen molar-refractivity contribution in [2.24, 2.45) is 0 Å². The van der Waals surface area contributed by atoms with Crippen LogP contribution in [0.5, 0.6) is 0 Å². The Balaban J connectivity index is 1.31. The van der Waals surface area contributed by atoms with Crippen molar-refractivity contribution in [2.45, 2.75) is 150 Å². The summed E-state index contributed by atoms with van der Waals surface area (Å²) in [5.41, 5.74) is 24.9. The van der Waals surface area contributed by atoms with Crippen molar-refractivity contribution >= 4 is 74.3 Å². The van der Waals surface area contributed by atoms with Gasteiger partial charge in [0.05, 0.1) is 7.06 Å². The van der Waals surface area contributed by atoms with E-state index in [2.05, 4.69) is 290 Å². The van der Waals surface area contributed by atoms with Crippen molar-refractivity contribution in [3.63, 3.8) is 0 Å². The summed E-state index contributed by atoms with van der Waals surface area (Å²) in [4.78, 5) is 7.58. The van der Waals surface area contributed by atoms with E-state index in [9.17, 15) is 1.37 Å². The molecule has 0 amide bonds. The lowest BCUT2D eigenvalue weighted by Crippen LogP contribution is -2.61. The van der Waals surface area contributed by atoms with Crippen LogP contribution >= 0.6 is 0 Å². The van der Waals surface area contributed by atoms with Crippen LogP contribution in [-0.2, 0) is 32.5 Å². The summed E-state index contributed by atoms with van der Waals surface area (Å²) in [7, 11) is 0. The Morgan fingerprint density at radius 2 is 0.867 bits per heavy atom. The fourth-order valence-corrected chi connectivity index (χ4v) is 12.3. The summed E-state index contributed by atoms with van der Waals surface area (Å²) in [5.74, 6) is 0. The summed E-state index contributed by atoms with van der Waals surface area (Å²) in [5, 5.41) is 0. The minimum absolute atomic E-state index is 0.000341. The average molecular weight is 985 g/mol. The minimum atomic E-state index is -0.393. The van der Waals surface area contributed by atoms with E-state index >= 15 is 0 Å². The maximum absolute atomic E-state index is 9.85. The van der Waals surface area contributed by atoms with Crippen LogP contribution < -0.4 is 31.1 Å². The van der Waals surface area contributed by atoms with Crippen LogP contribution in [0.4, 0.5) is 51.2 Å². The van der Waals surface area contributed by atoms with Crippen LogP contribution in [0, 0.1) is 0 Å². The Kier molecular flexibility index (Phi) is 11.2. The SMILES string of the molecule is [2H]c1cc2c3c(c1)N(c1ccc(C(C)(C)C)cc1)c1c(cc(N(c4ccc(C(C)(C)C)cc4)c4ccc(C(C)(C)C)cc4)c4c1-c1ccccc1C4(C)C)B3c1cc(C(C)(C)C)ccc1N2c1ccc(C(C)(C)C)cc1. The van der Waals surface area contributed by atoms with Crippen molar-refractivity contribution in [1.82, 2.24) is 0 Å². The zero-order chi connectivity index (χ0) is 54.4. The predicted molar refractivity (Wildman–Crippen MR) is 326 cm³/mol. The highest BCUT2D eigenvalue weighted by atomic mass is 15.2. The van der Waals surface area contributed by atoms with E-state index in [4.69, 9.17) is 0 Å². The van der Waals surface area contributed by atoms with Crippen LogP contribution in [0.15, 0.2) is 164 Å². The molecule has 0 spiro atoms. The van der Waals surface area contributed by atoms with Gasteiger partial charge in [0.15, 0.2) is 0 Å². The topological polar surface area (TPSA) is 9.72 Å². The van der Waals surface area contributed by atoms with Crippen LogP contribution in [-0.4, -0.2) is 6.71 Å². The molecule has 0 bridgehead atoms. The molecule has 380 valence electrons. The van der Waals surface area contributed by atoms with Gasteiger partial charge in [-0.05, 0) is 161 Å². The molecule has 1 aliphatic carbocycles. The third-order valence-electron chi connectivity index (χ3n) is 16.8. The molecule has 2 heterocycles. The molecule has 0 N–H and O–H groups in total. The lowest BCUT2D eigenvalue weighted by molar-refractivity contribution is 0.590. The monoisotopic (exact) mass is 985 g/mol. The van der Waals surface area contributed by atoms with Gasteiger partial charge in [-0.15, -0.1) is 0 Å². The average Bonchev–Trinajstić information content (AvgIpc) is 3.54. The highest BCUT2D eigenvalue weighted by molar-refractivity contribution is 7.00. The third kappa shape index (κ3) is 8.34. The first-order chi connectivity index (χ1) is 35.5. The molecule has 0 fully saturated rings. The molecule has 8 aromatic rings. The largest absolute Gasteiger partial charge is 0.311 e. The first kappa shape index (κ1) is 49.1. The Labute approximate surface area is 452 Å². The van der Waals surface area contributed by atoms with Gasteiger partial charge in [-0.25, -0.2) is 0 Å². The number of nitrogens with zero attached hydrogens (tertiary/aromatic N) is 3. The van der Waals surface area contributed by atoms with Gasteiger partial charge in [0, 0.05) is 56.5 Å². The van der Waals surface area contributed by atoms with E-state index in [0.717, 1.165) is 39.8 Å². The Bertz CT molecular complexity index is 3510. The van der Waals surface area contributed by atoms with E-state index < -0.39 is 5.41 Å². The van der Waals surface area contributed by atoms with Gasteiger partial charge < -0.3 is 14.7 Å². The zero-order valence-corrected chi connectivity index (χ0v) is 47.9. The highest BCUT2D eigenvalue weighted by Gasteiger charge is 2.49. The maximum Gasteiger partial charge on any atom is 0.252 e. The lowest BCUT2D eigenvalue weighted by atomic mass is 9.33. The predicted octanol–water partition coefficient (Wildman–Crippen LogP) is 18.0. The van der Waals surface area contributed by atoms with Gasteiger partial charge >= 0.3 is 0 Å². The zero-order valence-electron chi connectivity index (χ0n) is 48.9. The van der Waals surface area contributed by atoms with Crippen molar-refractivity contribution in [2.75, 3.05) is 14.7 Å². The standard InChI is InChI=1S/C71H78BN3/c1-66(2,3)45-25-34-50(35-26-45)73(51-36-27-46(28-37-51)67(4,5)6)61-44-57-65(62-54-21-18-19-22-55(54)71(16,17)63(61)62)75(53-40-31-48(32-41-53)69(10,11)12)60-24-20-23-59-64(60)72(57)56-43-49(70(13,14)15)33-42-58(56)74(59)52-38-29-47(30-39-52)68(7,8)9/h18-44H,1-17H3/i20D. The van der Waals surface area contributed by atoms with Gasteiger partial charge in [-0.1, -0.05) is 209 Å². The van der Waals surface area contributed by atoms with Gasteiger partial charge in [0.2, 0.25) is 0 Å². The minimum Gasteiger partial charge on any atom is -0.311 e. The first-order valence-corrected chi connectivity index (χ1v) is 27.5. The van der Waals surface area contributed by atoms with Crippen molar-refractivity contribution in [3.8, 4) is 11.1 Å². The summed E-state index contributed by atoms with van der Waals surface area (Å²) < 4.78 is 9.85. The van der Waals surface area contributed by atoms with Gasteiger partial charge in [-0.2, -0.15) is 0 Å². The molecule has 0 unspecified atom stereocenters. The molecule has 3 aliphatic rings. The summed E-state index contributed by atoms with van der Waals surface area (Å²) in [6, 6.07) is 61.0. The number of fused-ring (bicyclic) bond motifs is 8. The Morgan fingerprint density at radius 3 is 1.35 bits per heavy atom. The molecular formula is C71H78BN3. The number of hydrogen-bond acceptors (Lipinski definition) is 3. The molecule has 0 saturated carbocycles. The lowest BCUT2D eigenvalue weighted by Gasteiger charge is -2.46. The molecule has 0 atom stereocenters. The number of hydrogen-bond donors (Lipinski definition) is 0. The van der Waals surface area contributed by atoms with E-state index in [0.29, 0.717) is 6.04 Å². The molecule has 4 heteroatoms. The fraction of sp³-hybridized carbons (Fsp3) is 0.324. The molecule has 11 rings (SSSR count). The molecule has 8 aromatic carbocycles. The molecule has 0 radical (unpaired) electrons. The second-order valence-electron chi connectivity index (χ2n) is 27.5. The molecular weight excluding hydrogens is 906 g/mol. The van der Waals surface area contributed by atoms with Crippen LogP contribution in [0.3, 0.4) is 0 Å². The quantitative estimate of drug-likeness (QED) is 0.159. The van der Waals surface area contributed by atoms with Crippen molar-refractivity contribution in [3.05, 3.63) is 203 Å². The first-order valence-electron chi connectivity index (χ1n) is 28.0. The van der Waals surface area contributed by atoms with E-state index in [1.807, 2.05) is 0 Å². The summed E-state index contributed by atoms with van der Waals surface area (Å²) >= 11 is 0. The Hall–Kier alpha value is -6.78. The molecule has 0 saturated heterocycles. The van der Waals surface area contributed by atoms with Crippen LogP contribution in [0.2, 0.25) is 0 Å². The normalized spacial score (nSPS) is 14.9. The second-order valence-corrected chi connectivity index (χ2v) is 27.5. The maximum atomic E-state index is 9.85. The number of rotatable bonds is 5. The van der Waals surface area contributed by atoms with Gasteiger partial charge in [-0.3, -0.25) is 0 Å². The van der Waals surface area contributed by atoms with E-state index in [-0.39, 0.29) is 33.8 Å². The van der Waals surface area contributed by atoms with Crippen LogP contribution in [0.1, 0.15) is 158 Å². The summed E-state index contributed by atoms with van der Waals surface area (Å²) in [6.07, 6.45) is 0. The molecule has 75 heavy (non-hydrogen) atoms. The number of benzene rings is 8. The van der Waals surface area contributed by atoms with Gasteiger partial charge in [0.25, 0.3) is 6.71 Å². The van der Waals surface area contributed by atoms with E-state index in [1.165, 1.54) is 77.8 Å². The molecule has 0 aromatic heterocycles.